The minimum Gasteiger partial charge on any atom is -0.419 e. The van der Waals surface area contributed by atoms with E-state index in [1.807, 2.05) is 18.2 Å². The van der Waals surface area contributed by atoms with Crippen molar-refractivity contribution in [1.29, 1.82) is 0 Å². The molecule has 0 aliphatic heterocycles. The molecule has 3 aromatic carbocycles. The van der Waals surface area contributed by atoms with Gasteiger partial charge in [-0.3, -0.25) is 0 Å². The number of ether oxygens (including phenoxy) is 2. The fourth-order valence-electron chi connectivity index (χ4n) is 4.38. The Morgan fingerprint density at radius 2 is 1.39 bits per heavy atom. The molecule has 0 atom stereocenters. The van der Waals surface area contributed by atoms with Gasteiger partial charge in [0.05, 0.1) is 11.1 Å². The van der Waals surface area contributed by atoms with Gasteiger partial charge in [-0.1, -0.05) is 68.7 Å². The minimum absolute atomic E-state index is 0.323. The Balaban J connectivity index is 1.74. The van der Waals surface area contributed by atoms with E-state index in [1.54, 1.807) is 48.5 Å². The van der Waals surface area contributed by atoms with Gasteiger partial charge in [0.2, 0.25) is 0 Å². The van der Waals surface area contributed by atoms with Crippen LogP contribution in [0.2, 0.25) is 0 Å². The summed E-state index contributed by atoms with van der Waals surface area (Å²) in [4.78, 5) is 25.8. The number of unbranched alkanes of at least 4 members (excludes halogenated alkanes) is 1. The van der Waals surface area contributed by atoms with Gasteiger partial charge >= 0.3 is 11.9 Å². The molecule has 1 aliphatic rings. The van der Waals surface area contributed by atoms with Gasteiger partial charge in [0.25, 0.3) is 0 Å². The second kappa shape index (κ2) is 11.0. The highest BCUT2D eigenvalue weighted by Gasteiger charge is 2.25. The largest absolute Gasteiger partial charge is 0.419 e. The maximum atomic E-state index is 12.9. The van der Waals surface area contributed by atoms with E-state index in [1.165, 1.54) is 12.8 Å². The van der Waals surface area contributed by atoms with Crippen molar-refractivity contribution in [3.8, 4) is 11.5 Å². The normalized spacial score (nSPS) is 13.6. The first-order chi connectivity index (χ1) is 16.2. The van der Waals surface area contributed by atoms with E-state index in [2.05, 4.69) is 13.0 Å². The van der Waals surface area contributed by atoms with Crippen LogP contribution in [-0.4, -0.2) is 11.9 Å². The SMILES string of the molecule is CCCCc1cc(C2CCCC2)cc(OC(=O)c2ccccc2)c1OC(=O)c1ccccc1. The topological polar surface area (TPSA) is 52.6 Å². The van der Waals surface area contributed by atoms with Crippen molar-refractivity contribution in [2.45, 2.75) is 57.8 Å². The van der Waals surface area contributed by atoms with Crippen LogP contribution in [0, 0.1) is 0 Å². The van der Waals surface area contributed by atoms with E-state index in [4.69, 9.17) is 9.47 Å². The number of hydrogen-bond donors (Lipinski definition) is 0. The molecule has 1 saturated carbocycles. The zero-order valence-corrected chi connectivity index (χ0v) is 19.1. The summed E-state index contributed by atoms with van der Waals surface area (Å²) in [6.45, 7) is 2.13. The van der Waals surface area contributed by atoms with Crippen LogP contribution in [0.15, 0.2) is 72.8 Å². The number of carbonyl (C=O) groups excluding carboxylic acids is 2. The highest BCUT2D eigenvalue weighted by Crippen LogP contribution is 2.41. The molecule has 3 aromatic rings. The molecule has 0 N–H and O–H groups in total. The Morgan fingerprint density at radius 1 is 0.818 bits per heavy atom. The van der Waals surface area contributed by atoms with Crippen molar-refractivity contribution in [2.75, 3.05) is 0 Å². The predicted octanol–water partition coefficient (Wildman–Crippen LogP) is 7.13. The molecule has 4 nitrogen and oxygen atoms in total. The van der Waals surface area contributed by atoms with E-state index in [9.17, 15) is 9.59 Å². The molecule has 0 unspecified atom stereocenters. The molecule has 0 saturated heterocycles. The van der Waals surface area contributed by atoms with Gasteiger partial charge in [-0.05, 0) is 73.1 Å². The van der Waals surface area contributed by atoms with Crippen molar-refractivity contribution in [1.82, 2.24) is 0 Å². The van der Waals surface area contributed by atoms with Gasteiger partial charge in [-0.25, -0.2) is 9.59 Å². The van der Waals surface area contributed by atoms with Crippen LogP contribution in [0.5, 0.6) is 11.5 Å². The number of esters is 2. The van der Waals surface area contributed by atoms with Crippen molar-refractivity contribution in [3.63, 3.8) is 0 Å². The van der Waals surface area contributed by atoms with Gasteiger partial charge in [0.1, 0.15) is 0 Å². The fourth-order valence-corrected chi connectivity index (χ4v) is 4.38. The monoisotopic (exact) mass is 442 g/mol. The molecule has 4 rings (SSSR count). The third-order valence-electron chi connectivity index (χ3n) is 6.20. The maximum absolute atomic E-state index is 12.9. The average Bonchev–Trinajstić information content (AvgIpc) is 3.40. The highest BCUT2D eigenvalue weighted by molar-refractivity contribution is 5.93. The Bertz CT molecular complexity index is 1080. The standard InChI is InChI=1S/C29H30O4/c1-2-3-12-24-19-25(21-13-10-11-14-21)20-26(32-28(30)22-15-6-4-7-16-22)27(24)33-29(31)23-17-8-5-9-18-23/h4-9,15-21H,2-3,10-14H2,1H3. The lowest BCUT2D eigenvalue weighted by atomic mass is 9.93. The molecule has 0 heterocycles. The summed E-state index contributed by atoms with van der Waals surface area (Å²) >= 11 is 0. The van der Waals surface area contributed by atoms with Crippen LogP contribution in [0.3, 0.4) is 0 Å². The molecule has 0 bridgehead atoms. The smallest absolute Gasteiger partial charge is 0.343 e. The molecule has 1 aliphatic carbocycles. The zero-order valence-electron chi connectivity index (χ0n) is 19.1. The van der Waals surface area contributed by atoms with Crippen LogP contribution < -0.4 is 9.47 Å². The predicted molar refractivity (Wildman–Crippen MR) is 129 cm³/mol. The molecule has 4 heteroatoms. The second-order valence-corrected chi connectivity index (χ2v) is 8.60. The van der Waals surface area contributed by atoms with E-state index >= 15 is 0 Å². The number of carbonyl (C=O) groups is 2. The lowest BCUT2D eigenvalue weighted by Crippen LogP contribution is -2.14. The van der Waals surface area contributed by atoms with Gasteiger partial charge < -0.3 is 9.47 Å². The Morgan fingerprint density at radius 3 is 1.97 bits per heavy atom. The average molecular weight is 443 g/mol. The van der Waals surface area contributed by atoms with Crippen LogP contribution in [0.4, 0.5) is 0 Å². The van der Waals surface area contributed by atoms with Crippen molar-refractivity contribution in [2.24, 2.45) is 0 Å². The minimum atomic E-state index is -0.461. The summed E-state index contributed by atoms with van der Waals surface area (Å²) in [5.41, 5.74) is 2.99. The molecule has 0 spiro atoms. The highest BCUT2D eigenvalue weighted by atomic mass is 16.6. The molecule has 33 heavy (non-hydrogen) atoms. The third kappa shape index (κ3) is 5.70. The number of rotatable bonds is 8. The number of aryl methyl sites for hydroxylation is 1. The van der Waals surface area contributed by atoms with Gasteiger partial charge in [0, 0.05) is 0 Å². The Hall–Kier alpha value is -3.40. The first kappa shape index (κ1) is 22.8. The summed E-state index contributed by atoms with van der Waals surface area (Å²) in [6, 6.07) is 21.8. The second-order valence-electron chi connectivity index (χ2n) is 8.60. The Labute approximate surface area is 195 Å². The van der Waals surface area contributed by atoms with Crippen molar-refractivity contribution >= 4 is 11.9 Å². The van der Waals surface area contributed by atoms with E-state index < -0.39 is 11.9 Å². The zero-order chi connectivity index (χ0) is 23.0. The number of benzene rings is 3. The lowest BCUT2D eigenvalue weighted by Gasteiger charge is -2.19. The first-order valence-corrected chi connectivity index (χ1v) is 11.9. The van der Waals surface area contributed by atoms with Gasteiger partial charge in [-0.15, -0.1) is 0 Å². The molecule has 0 amide bonds. The van der Waals surface area contributed by atoms with E-state index in [0.29, 0.717) is 28.5 Å². The molecule has 0 aromatic heterocycles. The van der Waals surface area contributed by atoms with E-state index in [-0.39, 0.29) is 0 Å². The summed E-state index contributed by atoms with van der Waals surface area (Å²) < 4.78 is 11.8. The lowest BCUT2D eigenvalue weighted by molar-refractivity contribution is 0.0680. The van der Waals surface area contributed by atoms with Crippen LogP contribution >= 0.6 is 0 Å². The van der Waals surface area contributed by atoms with Crippen molar-refractivity contribution < 1.29 is 19.1 Å². The maximum Gasteiger partial charge on any atom is 0.343 e. The summed E-state index contributed by atoms with van der Waals surface area (Å²) in [6.07, 6.45) is 7.39. The quantitative estimate of drug-likeness (QED) is 0.275. The summed E-state index contributed by atoms with van der Waals surface area (Å²) in [5.74, 6) is 0.196. The van der Waals surface area contributed by atoms with Crippen LogP contribution in [0.25, 0.3) is 0 Å². The first-order valence-electron chi connectivity index (χ1n) is 11.9. The Kier molecular flexibility index (Phi) is 7.56. The summed E-state index contributed by atoms with van der Waals surface area (Å²) in [7, 11) is 0. The third-order valence-corrected chi connectivity index (χ3v) is 6.20. The van der Waals surface area contributed by atoms with Crippen molar-refractivity contribution in [3.05, 3.63) is 95.1 Å². The summed E-state index contributed by atoms with van der Waals surface area (Å²) in [5, 5.41) is 0. The molecule has 0 radical (unpaired) electrons. The van der Waals surface area contributed by atoms with Crippen LogP contribution in [0.1, 0.15) is 83.2 Å². The molecule has 1 fully saturated rings. The van der Waals surface area contributed by atoms with Gasteiger partial charge in [0.15, 0.2) is 11.5 Å². The number of hydrogen-bond acceptors (Lipinski definition) is 4. The van der Waals surface area contributed by atoms with Gasteiger partial charge in [-0.2, -0.15) is 0 Å². The molecular weight excluding hydrogens is 412 g/mol. The fraction of sp³-hybridized carbons (Fsp3) is 0.310. The molecular formula is C29H30O4. The van der Waals surface area contributed by atoms with E-state index in [0.717, 1.165) is 43.2 Å². The molecule has 170 valence electrons. The van der Waals surface area contributed by atoms with Crippen LogP contribution in [-0.2, 0) is 6.42 Å².